The SMILES string of the molecule is CC[C@H](C)C1CCCc2cccnc21. The predicted molar refractivity (Wildman–Crippen MR) is 59.4 cm³/mol. The molecule has 0 aromatic carbocycles. The molecule has 0 amide bonds. The highest BCUT2D eigenvalue weighted by Gasteiger charge is 2.24. The monoisotopic (exact) mass is 189 g/mol. The van der Waals surface area contributed by atoms with Gasteiger partial charge in [-0.15, -0.1) is 0 Å². The van der Waals surface area contributed by atoms with Crippen LogP contribution in [0.25, 0.3) is 0 Å². The molecule has 1 aliphatic carbocycles. The minimum atomic E-state index is 0.713. The molecule has 14 heavy (non-hydrogen) atoms. The molecule has 0 spiro atoms. The lowest BCUT2D eigenvalue weighted by molar-refractivity contribution is 0.387. The summed E-state index contributed by atoms with van der Waals surface area (Å²) in [7, 11) is 0. The summed E-state index contributed by atoms with van der Waals surface area (Å²) in [6.45, 7) is 4.64. The molecule has 1 heteroatoms. The van der Waals surface area contributed by atoms with Gasteiger partial charge in [0.1, 0.15) is 0 Å². The Morgan fingerprint density at radius 3 is 3.21 bits per heavy atom. The van der Waals surface area contributed by atoms with Crippen molar-refractivity contribution in [1.29, 1.82) is 0 Å². The molecule has 1 aromatic rings. The summed E-state index contributed by atoms with van der Waals surface area (Å²) in [6, 6.07) is 4.31. The standard InChI is InChI=1S/C13H19N/c1-3-10(2)12-8-4-6-11-7-5-9-14-13(11)12/h5,7,9-10,12H,3-4,6,8H2,1-2H3/t10-,12?/m0/s1. The molecule has 0 aliphatic heterocycles. The van der Waals surface area contributed by atoms with Gasteiger partial charge in [0.25, 0.3) is 0 Å². The van der Waals surface area contributed by atoms with Crippen molar-refractivity contribution in [3.05, 3.63) is 29.6 Å². The van der Waals surface area contributed by atoms with Crippen LogP contribution in [0.15, 0.2) is 18.3 Å². The van der Waals surface area contributed by atoms with Crippen molar-refractivity contribution >= 4 is 0 Å². The lowest BCUT2D eigenvalue weighted by atomic mass is 9.78. The first-order chi connectivity index (χ1) is 6.83. The number of hydrogen-bond donors (Lipinski definition) is 0. The van der Waals surface area contributed by atoms with Crippen LogP contribution in [0.2, 0.25) is 0 Å². The molecule has 1 heterocycles. The summed E-state index contributed by atoms with van der Waals surface area (Å²) < 4.78 is 0. The minimum absolute atomic E-state index is 0.713. The van der Waals surface area contributed by atoms with Crippen molar-refractivity contribution in [2.75, 3.05) is 0 Å². The number of rotatable bonds is 2. The molecular formula is C13H19N. The van der Waals surface area contributed by atoms with Crippen LogP contribution in [0, 0.1) is 5.92 Å². The second-order valence-electron chi connectivity index (χ2n) is 4.43. The van der Waals surface area contributed by atoms with Crippen molar-refractivity contribution in [2.24, 2.45) is 5.92 Å². The fourth-order valence-electron chi connectivity index (χ4n) is 2.48. The van der Waals surface area contributed by atoms with Gasteiger partial charge in [0, 0.05) is 17.8 Å². The van der Waals surface area contributed by atoms with E-state index in [0.29, 0.717) is 5.92 Å². The van der Waals surface area contributed by atoms with Crippen LogP contribution in [0.1, 0.15) is 50.3 Å². The number of pyridine rings is 1. The van der Waals surface area contributed by atoms with E-state index in [2.05, 4.69) is 31.0 Å². The van der Waals surface area contributed by atoms with Crippen LogP contribution in [0.5, 0.6) is 0 Å². The summed E-state index contributed by atoms with van der Waals surface area (Å²) in [5.41, 5.74) is 2.87. The van der Waals surface area contributed by atoms with Gasteiger partial charge in [-0.3, -0.25) is 4.98 Å². The third kappa shape index (κ3) is 1.68. The van der Waals surface area contributed by atoms with E-state index >= 15 is 0 Å². The average Bonchev–Trinajstić information content (AvgIpc) is 2.27. The normalized spacial score (nSPS) is 22.9. The van der Waals surface area contributed by atoms with Crippen LogP contribution in [0.4, 0.5) is 0 Å². The maximum atomic E-state index is 4.57. The number of aromatic nitrogens is 1. The van der Waals surface area contributed by atoms with Gasteiger partial charge in [0.05, 0.1) is 0 Å². The fourth-order valence-corrected chi connectivity index (χ4v) is 2.48. The highest BCUT2D eigenvalue weighted by atomic mass is 14.7. The molecule has 2 atom stereocenters. The van der Waals surface area contributed by atoms with Gasteiger partial charge in [0.2, 0.25) is 0 Å². The van der Waals surface area contributed by atoms with Crippen LogP contribution in [-0.2, 0) is 6.42 Å². The van der Waals surface area contributed by atoms with Crippen LogP contribution >= 0.6 is 0 Å². The zero-order valence-electron chi connectivity index (χ0n) is 9.16. The van der Waals surface area contributed by atoms with E-state index in [1.807, 2.05) is 6.20 Å². The first-order valence-corrected chi connectivity index (χ1v) is 5.76. The van der Waals surface area contributed by atoms with Crippen molar-refractivity contribution in [2.45, 2.75) is 45.4 Å². The fraction of sp³-hybridized carbons (Fsp3) is 0.615. The average molecular weight is 189 g/mol. The number of hydrogen-bond acceptors (Lipinski definition) is 1. The molecule has 1 unspecified atom stereocenters. The molecular weight excluding hydrogens is 170 g/mol. The highest BCUT2D eigenvalue weighted by Crippen LogP contribution is 2.36. The van der Waals surface area contributed by atoms with Gasteiger partial charge in [-0.1, -0.05) is 26.3 Å². The predicted octanol–water partition coefficient (Wildman–Crippen LogP) is 3.55. The third-order valence-electron chi connectivity index (χ3n) is 3.57. The summed E-state index contributed by atoms with van der Waals surface area (Å²) in [4.78, 5) is 4.57. The van der Waals surface area contributed by atoms with Gasteiger partial charge in [-0.25, -0.2) is 0 Å². The van der Waals surface area contributed by atoms with E-state index in [-0.39, 0.29) is 0 Å². The first-order valence-electron chi connectivity index (χ1n) is 5.76. The van der Waals surface area contributed by atoms with E-state index in [1.165, 1.54) is 36.9 Å². The molecule has 1 aromatic heterocycles. The van der Waals surface area contributed by atoms with E-state index in [9.17, 15) is 0 Å². The number of fused-ring (bicyclic) bond motifs is 1. The van der Waals surface area contributed by atoms with Crippen LogP contribution in [0.3, 0.4) is 0 Å². The Labute approximate surface area is 86.6 Å². The quantitative estimate of drug-likeness (QED) is 0.693. The van der Waals surface area contributed by atoms with Crippen molar-refractivity contribution in [3.8, 4) is 0 Å². The second kappa shape index (κ2) is 4.12. The maximum Gasteiger partial charge on any atom is 0.0469 e. The molecule has 1 nitrogen and oxygen atoms in total. The molecule has 0 N–H and O–H groups in total. The molecule has 0 radical (unpaired) electrons. The number of aryl methyl sites for hydroxylation is 1. The molecule has 76 valence electrons. The third-order valence-corrected chi connectivity index (χ3v) is 3.57. The van der Waals surface area contributed by atoms with Gasteiger partial charge in [0.15, 0.2) is 0 Å². The topological polar surface area (TPSA) is 12.9 Å². The zero-order valence-corrected chi connectivity index (χ0v) is 9.16. The van der Waals surface area contributed by atoms with Gasteiger partial charge < -0.3 is 0 Å². The van der Waals surface area contributed by atoms with Crippen LogP contribution in [-0.4, -0.2) is 4.98 Å². The molecule has 2 rings (SSSR count). The number of nitrogens with zero attached hydrogens (tertiary/aromatic N) is 1. The minimum Gasteiger partial charge on any atom is -0.261 e. The van der Waals surface area contributed by atoms with E-state index in [1.54, 1.807) is 0 Å². The largest absolute Gasteiger partial charge is 0.261 e. The Kier molecular flexibility index (Phi) is 2.85. The lowest BCUT2D eigenvalue weighted by Crippen LogP contribution is -2.17. The second-order valence-corrected chi connectivity index (χ2v) is 4.43. The summed E-state index contributed by atoms with van der Waals surface area (Å²) in [5, 5.41) is 0. The summed E-state index contributed by atoms with van der Waals surface area (Å²) >= 11 is 0. The summed E-state index contributed by atoms with van der Waals surface area (Å²) in [6.07, 6.45) is 7.11. The Balaban J connectivity index is 2.30. The van der Waals surface area contributed by atoms with Crippen molar-refractivity contribution in [3.63, 3.8) is 0 Å². The van der Waals surface area contributed by atoms with Crippen LogP contribution < -0.4 is 0 Å². The van der Waals surface area contributed by atoms with E-state index < -0.39 is 0 Å². The van der Waals surface area contributed by atoms with Gasteiger partial charge in [-0.2, -0.15) is 0 Å². The van der Waals surface area contributed by atoms with Crippen molar-refractivity contribution in [1.82, 2.24) is 4.98 Å². The smallest absolute Gasteiger partial charge is 0.0469 e. The van der Waals surface area contributed by atoms with Gasteiger partial charge >= 0.3 is 0 Å². The molecule has 0 fully saturated rings. The van der Waals surface area contributed by atoms with Crippen molar-refractivity contribution < 1.29 is 0 Å². The Morgan fingerprint density at radius 2 is 2.43 bits per heavy atom. The zero-order chi connectivity index (χ0) is 9.97. The highest BCUT2D eigenvalue weighted by molar-refractivity contribution is 5.26. The summed E-state index contributed by atoms with van der Waals surface area (Å²) in [5.74, 6) is 1.49. The van der Waals surface area contributed by atoms with E-state index in [4.69, 9.17) is 0 Å². The molecule has 0 saturated carbocycles. The first kappa shape index (κ1) is 9.70. The molecule has 1 aliphatic rings. The molecule has 0 bridgehead atoms. The Bertz CT molecular complexity index is 306. The Morgan fingerprint density at radius 1 is 1.57 bits per heavy atom. The van der Waals surface area contributed by atoms with E-state index in [0.717, 1.165) is 5.92 Å². The lowest BCUT2D eigenvalue weighted by Gasteiger charge is -2.28. The molecule has 0 saturated heterocycles. The Hall–Kier alpha value is -0.850. The van der Waals surface area contributed by atoms with Gasteiger partial charge in [-0.05, 0) is 36.8 Å². The maximum absolute atomic E-state index is 4.57.